The highest BCUT2D eigenvalue weighted by Crippen LogP contribution is 2.29. The van der Waals surface area contributed by atoms with Crippen LogP contribution in [0.25, 0.3) is 10.9 Å². The SMILES string of the molecule is O=C(CCCCCl)NN=C(Cc1ccnc2ccccc12)c1ccc(C(F)(F)F)cc1. The summed E-state index contributed by atoms with van der Waals surface area (Å²) in [6, 6.07) is 14.2. The summed E-state index contributed by atoms with van der Waals surface area (Å²) in [7, 11) is 0. The predicted molar refractivity (Wildman–Crippen MR) is 116 cm³/mol. The molecule has 0 spiro atoms. The zero-order chi connectivity index (χ0) is 22.3. The van der Waals surface area contributed by atoms with Gasteiger partial charge in [-0.2, -0.15) is 18.3 Å². The number of para-hydroxylation sites is 1. The van der Waals surface area contributed by atoms with E-state index in [1.54, 1.807) is 6.20 Å². The summed E-state index contributed by atoms with van der Waals surface area (Å²) in [6.07, 6.45) is -0.811. The van der Waals surface area contributed by atoms with E-state index in [0.29, 0.717) is 36.4 Å². The van der Waals surface area contributed by atoms with Crippen LogP contribution in [-0.2, 0) is 17.4 Å². The van der Waals surface area contributed by atoms with Crippen molar-refractivity contribution in [3.8, 4) is 0 Å². The number of amides is 1. The van der Waals surface area contributed by atoms with Crippen molar-refractivity contribution >= 4 is 34.1 Å². The minimum absolute atomic E-state index is 0.269. The number of hydrazone groups is 1. The fraction of sp³-hybridized carbons (Fsp3) is 0.261. The quantitative estimate of drug-likeness (QED) is 0.207. The average molecular weight is 448 g/mol. The summed E-state index contributed by atoms with van der Waals surface area (Å²) in [5.41, 5.74) is 4.44. The van der Waals surface area contributed by atoms with E-state index in [0.717, 1.165) is 28.6 Å². The van der Waals surface area contributed by atoms with Crippen LogP contribution in [0.5, 0.6) is 0 Å². The summed E-state index contributed by atoms with van der Waals surface area (Å²) >= 11 is 5.63. The first-order valence-electron chi connectivity index (χ1n) is 9.80. The first-order valence-corrected chi connectivity index (χ1v) is 10.3. The summed E-state index contributed by atoms with van der Waals surface area (Å²) < 4.78 is 38.8. The molecule has 1 aromatic heterocycles. The Hall–Kier alpha value is -2.93. The number of rotatable bonds is 8. The first-order chi connectivity index (χ1) is 14.9. The maximum atomic E-state index is 12.9. The molecule has 0 saturated heterocycles. The number of pyridine rings is 1. The van der Waals surface area contributed by atoms with E-state index >= 15 is 0 Å². The topological polar surface area (TPSA) is 54.4 Å². The molecule has 0 radical (unpaired) electrons. The Bertz CT molecular complexity index is 1060. The molecule has 0 saturated carbocycles. The number of benzene rings is 2. The number of halogens is 4. The lowest BCUT2D eigenvalue weighted by Crippen LogP contribution is -2.21. The molecule has 31 heavy (non-hydrogen) atoms. The molecule has 1 N–H and O–H groups in total. The lowest BCUT2D eigenvalue weighted by molar-refractivity contribution is -0.137. The van der Waals surface area contributed by atoms with Crippen LogP contribution in [0.1, 0.15) is 36.0 Å². The molecular weight excluding hydrogens is 427 g/mol. The van der Waals surface area contributed by atoms with E-state index < -0.39 is 11.7 Å². The lowest BCUT2D eigenvalue weighted by Gasteiger charge is -2.12. The molecule has 1 amide bonds. The Labute approximate surface area is 183 Å². The molecule has 2 aromatic carbocycles. The van der Waals surface area contributed by atoms with E-state index in [4.69, 9.17) is 11.6 Å². The Morgan fingerprint density at radius 2 is 1.77 bits per heavy atom. The Balaban J connectivity index is 1.90. The van der Waals surface area contributed by atoms with Gasteiger partial charge in [-0.25, -0.2) is 5.43 Å². The second-order valence-corrected chi connectivity index (χ2v) is 7.36. The molecule has 3 rings (SSSR count). The third-order valence-electron chi connectivity index (χ3n) is 4.75. The van der Waals surface area contributed by atoms with Gasteiger partial charge in [-0.1, -0.05) is 30.3 Å². The van der Waals surface area contributed by atoms with Crippen LogP contribution in [0, 0.1) is 0 Å². The second kappa shape index (κ2) is 10.4. The zero-order valence-corrected chi connectivity index (χ0v) is 17.4. The van der Waals surface area contributed by atoms with E-state index in [2.05, 4.69) is 15.5 Å². The molecule has 162 valence electrons. The van der Waals surface area contributed by atoms with Gasteiger partial charge in [0.1, 0.15) is 0 Å². The van der Waals surface area contributed by atoms with Crippen molar-refractivity contribution in [2.75, 3.05) is 5.88 Å². The number of fused-ring (bicyclic) bond motifs is 1. The number of carbonyl (C=O) groups excluding carboxylic acids is 1. The predicted octanol–water partition coefficient (Wildman–Crippen LogP) is 5.73. The lowest BCUT2D eigenvalue weighted by atomic mass is 9.98. The van der Waals surface area contributed by atoms with Gasteiger partial charge in [0.15, 0.2) is 0 Å². The van der Waals surface area contributed by atoms with Gasteiger partial charge in [0.05, 0.1) is 16.8 Å². The van der Waals surface area contributed by atoms with Crippen LogP contribution in [0.3, 0.4) is 0 Å². The molecule has 0 unspecified atom stereocenters. The van der Waals surface area contributed by atoms with Crippen molar-refractivity contribution in [3.63, 3.8) is 0 Å². The van der Waals surface area contributed by atoms with Gasteiger partial charge in [-0.3, -0.25) is 9.78 Å². The van der Waals surface area contributed by atoms with E-state index in [-0.39, 0.29) is 12.3 Å². The summed E-state index contributed by atoms with van der Waals surface area (Å²) in [4.78, 5) is 16.4. The first kappa shape index (κ1) is 22.7. The number of hydrogen-bond acceptors (Lipinski definition) is 3. The molecule has 0 fully saturated rings. The molecule has 1 heterocycles. The minimum Gasteiger partial charge on any atom is -0.273 e. The van der Waals surface area contributed by atoms with Crippen molar-refractivity contribution in [3.05, 3.63) is 77.5 Å². The van der Waals surface area contributed by atoms with Crippen LogP contribution >= 0.6 is 11.6 Å². The molecule has 0 aliphatic rings. The van der Waals surface area contributed by atoms with Gasteiger partial charge >= 0.3 is 6.18 Å². The van der Waals surface area contributed by atoms with Crippen LogP contribution < -0.4 is 5.43 Å². The van der Waals surface area contributed by atoms with Gasteiger partial charge < -0.3 is 0 Å². The number of carbonyl (C=O) groups is 1. The standard InChI is InChI=1S/C23H21ClF3N3O/c24-13-4-3-7-22(31)30-29-21(16-8-10-18(11-9-16)23(25,26)27)15-17-12-14-28-20-6-2-1-5-19(17)20/h1-2,5-6,8-12,14H,3-4,7,13,15H2,(H,30,31). The average Bonchev–Trinajstić information content (AvgIpc) is 2.76. The third kappa shape index (κ3) is 6.28. The van der Waals surface area contributed by atoms with E-state index in [9.17, 15) is 18.0 Å². The monoisotopic (exact) mass is 447 g/mol. The van der Waals surface area contributed by atoms with Gasteiger partial charge in [-0.15, -0.1) is 11.6 Å². The van der Waals surface area contributed by atoms with Crippen molar-refractivity contribution < 1.29 is 18.0 Å². The largest absolute Gasteiger partial charge is 0.416 e. The molecule has 0 bridgehead atoms. The summed E-state index contributed by atoms with van der Waals surface area (Å²) in [6.45, 7) is 0. The van der Waals surface area contributed by atoms with Gasteiger partial charge in [-0.05, 0) is 48.2 Å². The van der Waals surface area contributed by atoms with Gasteiger partial charge in [0, 0.05) is 30.3 Å². The molecule has 8 heteroatoms. The number of alkyl halides is 4. The van der Waals surface area contributed by atoms with Crippen molar-refractivity contribution in [2.24, 2.45) is 5.10 Å². The molecule has 4 nitrogen and oxygen atoms in total. The highest BCUT2D eigenvalue weighted by molar-refractivity contribution is 6.17. The number of nitrogens with one attached hydrogen (secondary N) is 1. The highest BCUT2D eigenvalue weighted by Gasteiger charge is 2.30. The Kier molecular flexibility index (Phi) is 7.63. The van der Waals surface area contributed by atoms with Crippen LogP contribution in [0.4, 0.5) is 13.2 Å². The fourth-order valence-corrected chi connectivity index (χ4v) is 3.30. The van der Waals surface area contributed by atoms with Crippen molar-refractivity contribution in [1.82, 2.24) is 10.4 Å². The fourth-order valence-electron chi connectivity index (χ4n) is 3.11. The van der Waals surface area contributed by atoms with Crippen LogP contribution in [-0.4, -0.2) is 22.5 Å². The Morgan fingerprint density at radius 3 is 2.48 bits per heavy atom. The maximum Gasteiger partial charge on any atom is 0.416 e. The van der Waals surface area contributed by atoms with E-state index in [1.165, 1.54) is 12.1 Å². The normalized spacial score (nSPS) is 12.2. The van der Waals surface area contributed by atoms with Crippen LogP contribution in [0.2, 0.25) is 0 Å². The highest BCUT2D eigenvalue weighted by atomic mass is 35.5. The van der Waals surface area contributed by atoms with Crippen LogP contribution in [0.15, 0.2) is 65.9 Å². The summed E-state index contributed by atoms with van der Waals surface area (Å²) in [5, 5.41) is 5.16. The Morgan fingerprint density at radius 1 is 1.03 bits per heavy atom. The number of aromatic nitrogens is 1. The minimum atomic E-state index is -4.42. The van der Waals surface area contributed by atoms with E-state index in [1.807, 2.05) is 30.3 Å². The molecular formula is C23H21ClF3N3O. The summed E-state index contributed by atoms with van der Waals surface area (Å²) in [5.74, 6) is 0.205. The second-order valence-electron chi connectivity index (χ2n) is 6.98. The molecule has 0 aliphatic carbocycles. The number of nitrogens with zero attached hydrogens (tertiary/aromatic N) is 2. The number of unbranched alkanes of at least 4 members (excludes halogenated alkanes) is 1. The zero-order valence-electron chi connectivity index (χ0n) is 16.6. The van der Waals surface area contributed by atoms with Crippen molar-refractivity contribution in [2.45, 2.75) is 31.9 Å². The number of hydrogen-bond donors (Lipinski definition) is 1. The van der Waals surface area contributed by atoms with Crippen molar-refractivity contribution in [1.29, 1.82) is 0 Å². The molecule has 3 aromatic rings. The smallest absolute Gasteiger partial charge is 0.273 e. The van der Waals surface area contributed by atoms with Gasteiger partial charge in [0.25, 0.3) is 0 Å². The van der Waals surface area contributed by atoms with Gasteiger partial charge in [0.2, 0.25) is 5.91 Å². The third-order valence-corrected chi connectivity index (χ3v) is 5.01. The molecule has 0 atom stereocenters. The molecule has 0 aliphatic heterocycles. The maximum absolute atomic E-state index is 12.9.